The summed E-state index contributed by atoms with van der Waals surface area (Å²) in [7, 11) is 0. The van der Waals surface area contributed by atoms with Gasteiger partial charge in [-0.3, -0.25) is 15.3 Å². The molecule has 1 aromatic heterocycles. The Labute approximate surface area is 184 Å². The second-order valence-corrected chi connectivity index (χ2v) is 7.83. The van der Waals surface area contributed by atoms with Gasteiger partial charge in [-0.25, -0.2) is 0 Å². The Morgan fingerprint density at radius 3 is 2.71 bits per heavy atom. The Bertz CT molecular complexity index is 909. The second-order valence-electron chi connectivity index (χ2n) is 7.83. The summed E-state index contributed by atoms with van der Waals surface area (Å²) < 4.78 is 0. The number of rotatable bonds is 8. The summed E-state index contributed by atoms with van der Waals surface area (Å²) in [6.07, 6.45) is 11.1. The lowest BCUT2D eigenvalue weighted by molar-refractivity contribution is 0.242. The zero-order valence-electron chi connectivity index (χ0n) is 17.9. The van der Waals surface area contributed by atoms with E-state index in [0.717, 1.165) is 54.5 Å². The van der Waals surface area contributed by atoms with E-state index in [-0.39, 0.29) is 0 Å². The van der Waals surface area contributed by atoms with E-state index in [0.29, 0.717) is 12.5 Å². The molecule has 0 unspecified atom stereocenters. The van der Waals surface area contributed by atoms with Crippen LogP contribution in [0, 0.1) is 17.4 Å². The summed E-state index contributed by atoms with van der Waals surface area (Å²) >= 11 is 0. The number of nitrogen functional groups attached to an aromatic ring is 1. The van der Waals surface area contributed by atoms with E-state index in [4.69, 9.17) is 11.0 Å². The van der Waals surface area contributed by atoms with Gasteiger partial charge in [0.1, 0.15) is 0 Å². The van der Waals surface area contributed by atoms with Crippen molar-refractivity contribution >= 4 is 23.0 Å². The number of likely N-dealkylation sites (tertiary alicyclic amines) is 1. The molecule has 31 heavy (non-hydrogen) atoms. The van der Waals surface area contributed by atoms with Gasteiger partial charge in [-0.05, 0) is 55.0 Å². The number of benzene rings is 1. The zero-order valence-corrected chi connectivity index (χ0v) is 17.9. The molecule has 0 atom stereocenters. The SMILES string of the molecule is C=C(c1cccc(N)c1)N1CCC(CCCCN=C(NC#N)Nc2ccncc2)CC1. The van der Waals surface area contributed by atoms with Crippen LogP contribution in [0.25, 0.3) is 5.70 Å². The average Bonchev–Trinajstić information content (AvgIpc) is 2.79. The van der Waals surface area contributed by atoms with Crippen LogP contribution in [0.2, 0.25) is 0 Å². The first-order valence-electron chi connectivity index (χ1n) is 10.8. The largest absolute Gasteiger partial charge is 0.399 e. The predicted octanol–water partition coefficient (Wildman–Crippen LogP) is 4.06. The van der Waals surface area contributed by atoms with Crippen LogP contribution in [0.3, 0.4) is 0 Å². The highest BCUT2D eigenvalue weighted by Gasteiger charge is 2.20. The van der Waals surface area contributed by atoms with Crippen molar-refractivity contribution in [3.8, 4) is 6.19 Å². The van der Waals surface area contributed by atoms with E-state index in [1.165, 1.54) is 19.3 Å². The molecular weight excluding hydrogens is 386 g/mol. The molecule has 1 saturated heterocycles. The summed E-state index contributed by atoms with van der Waals surface area (Å²) in [5.74, 6) is 1.22. The van der Waals surface area contributed by atoms with Crippen molar-refractivity contribution in [2.75, 3.05) is 30.7 Å². The molecule has 1 fully saturated rings. The lowest BCUT2D eigenvalue weighted by Crippen LogP contribution is -2.32. The van der Waals surface area contributed by atoms with Gasteiger partial charge >= 0.3 is 0 Å². The highest BCUT2D eigenvalue weighted by atomic mass is 15.2. The molecule has 1 aliphatic rings. The third kappa shape index (κ3) is 7.03. The van der Waals surface area contributed by atoms with Gasteiger partial charge in [0.2, 0.25) is 5.96 Å². The minimum absolute atomic E-state index is 0.474. The molecule has 0 radical (unpaired) electrons. The molecule has 0 aliphatic carbocycles. The fraction of sp³-hybridized carbons (Fsp3) is 0.375. The maximum atomic E-state index is 8.92. The highest BCUT2D eigenvalue weighted by Crippen LogP contribution is 2.28. The highest BCUT2D eigenvalue weighted by molar-refractivity contribution is 5.94. The number of aliphatic imine (C=N–C) groups is 1. The summed E-state index contributed by atoms with van der Waals surface area (Å²) in [4.78, 5) is 10.8. The van der Waals surface area contributed by atoms with Crippen LogP contribution < -0.4 is 16.4 Å². The molecule has 7 nitrogen and oxygen atoms in total. The number of anilines is 2. The minimum Gasteiger partial charge on any atom is -0.399 e. The van der Waals surface area contributed by atoms with E-state index < -0.39 is 0 Å². The molecule has 3 rings (SSSR count). The molecule has 162 valence electrons. The van der Waals surface area contributed by atoms with Gasteiger partial charge in [0.05, 0.1) is 0 Å². The number of nitrogens with two attached hydrogens (primary N) is 1. The Hall–Kier alpha value is -3.53. The number of hydrogen-bond acceptors (Lipinski definition) is 5. The monoisotopic (exact) mass is 417 g/mol. The van der Waals surface area contributed by atoms with Crippen molar-refractivity contribution in [3.05, 3.63) is 60.9 Å². The molecule has 1 aliphatic heterocycles. The van der Waals surface area contributed by atoms with Crippen LogP contribution in [0.15, 0.2) is 60.4 Å². The standard InChI is InChI=1S/C24H31N7/c1-19(21-6-4-7-22(26)17-21)31-15-10-20(11-16-31)5-2-3-12-28-24(29-18-25)30-23-8-13-27-14-9-23/h4,6-9,13-14,17,20H,1-3,5,10-12,15-16,26H2,(H2,27,28,29,30). The molecule has 7 heteroatoms. The van der Waals surface area contributed by atoms with Gasteiger partial charge in [-0.15, -0.1) is 0 Å². The molecule has 2 aromatic rings. The van der Waals surface area contributed by atoms with Crippen molar-refractivity contribution in [1.82, 2.24) is 15.2 Å². The summed E-state index contributed by atoms with van der Waals surface area (Å²) in [5.41, 5.74) is 9.71. The van der Waals surface area contributed by atoms with Gasteiger partial charge in [0.25, 0.3) is 0 Å². The third-order valence-electron chi connectivity index (χ3n) is 5.62. The summed E-state index contributed by atoms with van der Waals surface area (Å²) in [6.45, 7) is 7.06. The zero-order chi connectivity index (χ0) is 21.9. The number of pyridine rings is 1. The first-order valence-corrected chi connectivity index (χ1v) is 10.8. The lowest BCUT2D eigenvalue weighted by Gasteiger charge is -2.35. The fourth-order valence-electron chi connectivity index (χ4n) is 3.86. The first-order chi connectivity index (χ1) is 15.2. The van der Waals surface area contributed by atoms with Crippen molar-refractivity contribution in [1.29, 1.82) is 5.26 Å². The summed E-state index contributed by atoms with van der Waals surface area (Å²) in [6, 6.07) is 11.6. The smallest absolute Gasteiger partial charge is 0.209 e. The predicted molar refractivity (Wildman–Crippen MR) is 127 cm³/mol. The van der Waals surface area contributed by atoms with Crippen molar-refractivity contribution in [2.24, 2.45) is 10.9 Å². The van der Waals surface area contributed by atoms with E-state index in [9.17, 15) is 0 Å². The topological polar surface area (TPSA) is 102 Å². The maximum absolute atomic E-state index is 8.92. The van der Waals surface area contributed by atoms with Crippen LogP contribution >= 0.6 is 0 Å². The van der Waals surface area contributed by atoms with Crippen molar-refractivity contribution in [2.45, 2.75) is 32.1 Å². The number of hydrogen-bond donors (Lipinski definition) is 3. The number of nitriles is 1. The lowest BCUT2D eigenvalue weighted by atomic mass is 9.91. The van der Waals surface area contributed by atoms with Gasteiger partial charge in [0, 0.05) is 49.1 Å². The minimum atomic E-state index is 0.474. The molecule has 1 aromatic carbocycles. The molecule has 0 amide bonds. The number of unbranched alkanes of at least 4 members (excludes halogenated alkanes) is 1. The Morgan fingerprint density at radius 2 is 2.00 bits per heavy atom. The van der Waals surface area contributed by atoms with Crippen LogP contribution in [0.4, 0.5) is 11.4 Å². The van der Waals surface area contributed by atoms with Crippen LogP contribution in [0.1, 0.15) is 37.7 Å². The van der Waals surface area contributed by atoms with Crippen molar-refractivity contribution < 1.29 is 0 Å². The normalized spacial score (nSPS) is 14.7. The van der Waals surface area contributed by atoms with Gasteiger partial charge in [-0.1, -0.05) is 31.6 Å². The van der Waals surface area contributed by atoms with E-state index >= 15 is 0 Å². The number of guanidine groups is 1. The maximum Gasteiger partial charge on any atom is 0.209 e. The Morgan fingerprint density at radius 1 is 1.23 bits per heavy atom. The molecular formula is C24H31N7. The van der Waals surface area contributed by atoms with E-state index in [2.05, 4.69) is 38.2 Å². The van der Waals surface area contributed by atoms with Crippen LogP contribution in [0.5, 0.6) is 0 Å². The van der Waals surface area contributed by atoms with Crippen molar-refractivity contribution in [3.63, 3.8) is 0 Å². The fourth-order valence-corrected chi connectivity index (χ4v) is 3.86. The van der Waals surface area contributed by atoms with E-state index in [1.807, 2.05) is 36.5 Å². The van der Waals surface area contributed by atoms with Gasteiger partial charge < -0.3 is 16.0 Å². The molecule has 0 spiro atoms. The quantitative estimate of drug-likeness (QED) is 0.149. The summed E-state index contributed by atoms with van der Waals surface area (Å²) in [5, 5.41) is 14.6. The van der Waals surface area contributed by atoms with E-state index in [1.54, 1.807) is 12.4 Å². The number of piperidine rings is 1. The number of aromatic nitrogens is 1. The first kappa shape index (κ1) is 22.2. The number of nitrogens with one attached hydrogen (secondary N) is 2. The third-order valence-corrected chi connectivity index (χ3v) is 5.62. The van der Waals surface area contributed by atoms with Crippen LogP contribution in [-0.4, -0.2) is 35.5 Å². The number of nitrogens with zero attached hydrogens (tertiary/aromatic N) is 4. The molecule has 0 bridgehead atoms. The Kier molecular flexibility index (Phi) is 8.29. The average molecular weight is 418 g/mol. The second kappa shape index (κ2) is 11.6. The Balaban J connectivity index is 1.36. The molecule has 4 N–H and O–H groups in total. The molecule has 2 heterocycles. The van der Waals surface area contributed by atoms with Gasteiger partial charge in [0.15, 0.2) is 6.19 Å². The van der Waals surface area contributed by atoms with Crippen LogP contribution in [-0.2, 0) is 0 Å². The van der Waals surface area contributed by atoms with Gasteiger partial charge in [-0.2, -0.15) is 5.26 Å². The molecule has 0 saturated carbocycles.